The quantitative estimate of drug-likeness (QED) is 0.547. The lowest BCUT2D eigenvalue weighted by Gasteiger charge is -2.17. The highest BCUT2D eigenvalue weighted by Gasteiger charge is 2.15. The normalized spacial score (nSPS) is 10.7. The summed E-state index contributed by atoms with van der Waals surface area (Å²) in [6.07, 6.45) is 0. The maximum absolute atomic E-state index is 12.5. The molecular weight excluding hydrogens is 396 g/mol. The van der Waals surface area contributed by atoms with Gasteiger partial charge in [0, 0.05) is 31.2 Å². The SMILES string of the molecule is COc1ccc(-c2nnc(SCC(=O)N(C)Cc3ccc(Cl)cc3)n2C)cc1. The van der Waals surface area contributed by atoms with Gasteiger partial charge in [-0.25, -0.2) is 0 Å². The molecule has 1 aromatic heterocycles. The molecule has 6 nitrogen and oxygen atoms in total. The number of amides is 1. The molecule has 0 fully saturated rings. The van der Waals surface area contributed by atoms with Gasteiger partial charge in [0.2, 0.25) is 5.91 Å². The zero-order valence-corrected chi connectivity index (χ0v) is 17.5. The number of aromatic nitrogens is 3. The highest BCUT2D eigenvalue weighted by atomic mass is 35.5. The molecule has 0 spiro atoms. The van der Waals surface area contributed by atoms with Crippen molar-refractivity contribution in [3.63, 3.8) is 0 Å². The Morgan fingerprint density at radius 1 is 1.14 bits per heavy atom. The van der Waals surface area contributed by atoms with Crippen LogP contribution in [-0.4, -0.2) is 45.5 Å². The third-order valence-corrected chi connectivity index (χ3v) is 5.52. The van der Waals surface area contributed by atoms with Gasteiger partial charge in [-0.1, -0.05) is 35.5 Å². The number of halogens is 1. The van der Waals surface area contributed by atoms with Crippen LogP contribution >= 0.6 is 23.4 Å². The maximum atomic E-state index is 12.5. The van der Waals surface area contributed by atoms with Gasteiger partial charge < -0.3 is 14.2 Å². The van der Waals surface area contributed by atoms with Gasteiger partial charge in [0.15, 0.2) is 11.0 Å². The molecule has 1 heterocycles. The van der Waals surface area contributed by atoms with Crippen molar-refractivity contribution in [2.45, 2.75) is 11.7 Å². The molecular formula is C20H21ClN4O2S. The number of rotatable bonds is 7. The van der Waals surface area contributed by atoms with E-state index in [0.29, 0.717) is 22.5 Å². The van der Waals surface area contributed by atoms with Gasteiger partial charge in [0.05, 0.1) is 12.9 Å². The van der Waals surface area contributed by atoms with E-state index in [1.54, 1.807) is 19.1 Å². The third-order valence-electron chi connectivity index (χ3n) is 4.27. The van der Waals surface area contributed by atoms with Crippen LogP contribution in [0.15, 0.2) is 53.7 Å². The van der Waals surface area contributed by atoms with Crippen molar-refractivity contribution in [1.29, 1.82) is 0 Å². The van der Waals surface area contributed by atoms with Crippen LogP contribution in [0.3, 0.4) is 0 Å². The molecule has 0 aliphatic rings. The predicted octanol–water partition coefficient (Wildman–Crippen LogP) is 3.89. The largest absolute Gasteiger partial charge is 0.497 e. The Hall–Kier alpha value is -2.51. The smallest absolute Gasteiger partial charge is 0.233 e. The number of benzene rings is 2. The Labute approximate surface area is 173 Å². The molecule has 0 saturated carbocycles. The first-order valence-electron chi connectivity index (χ1n) is 8.63. The lowest BCUT2D eigenvalue weighted by molar-refractivity contribution is -0.127. The summed E-state index contributed by atoms with van der Waals surface area (Å²) < 4.78 is 7.07. The van der Waals surface area contributed by atoms with E-state index in [1.165, 1.54) is 11.8 Å². The maximum Gasteiger partial charge on any atom is 0.233 e. The number of thioether (sulfide) groups is 1. The second-order valence-corrected chi connectivity index (χ2v) is 7.64. The van der Waals surface area contributed by atoms with Crippen molar-refractivity contribution in [2.75, 3.05) is 19.9 Å². The lowest BCUT2D eigenvalue weighted by atomic mass is 10.2. The summed E-state index contributed by atoms with van der Waals surface area (Å²) in [6.45, 7) is 0.534. The average Bonchev–Trinajstić information content (AvgIpc) is 3.08. The summed E-state index contributed by atoms with van der Waals surface area (Å²) in [4.78, 5) is 14.1. The number of ether oxygens (including phenoxy) is 1. The number of carbonyl (C=O) groups excluding carboxylic acids is 1. The zero-order chi connectivity index (χ0) is 20.1. The molecule has 1 amide bonds. The Bertz CT molecular complexity index is 942. The van der Waals surface area contributed by atoms with Crippen LogP contribution in [0.2, 0.25) is 5.02 Å². The van der Waals surface area contributed by atoms with Crippen LogP contribution in [0.5, 0.6) is 5.75 Å². The van der Waals surface area contributed by atoms with E-state index < -0.39 is 0 Å². The minimum absolute atomic E-state index is 0.0222. The second-order valence-electron chi connectivity index (χ2n) is 6.26. The Morgan fingerprint density at radius 3 is 2.46 bits per heavy atom. The molecule has 3 rings (SSSR count). The van der Waals surface area contributed by atoms with E-state index in [9.17, 15) is 4.79 Å². The number of methoxy groups -OCH3 is 1. The Balaban J connectivity index is 1.60. The predicted molar refractivity (Wildman–Crippen MR) is 112 cm³/mol. The van der Waals surface area contributed by atoms with Crippen LogP contribution in [-0.2, 0) is 18.4 Å². The minimum Gasteiger partial charge on any atom is -0.497 e. The summed E-state index contributed by atoms with van der Waals surface area (Å²) in [7, 11) is 5.31. The van der Waals surface area contributed by atoms with Gasteiger partial charge in [-0.05, 0) is 42.0 Å². The standard InChI is InChI=1S/C20H21ClN4O2S/c1-24(12-14-4-8-16(21)9-5-14)18(26)13-28-20-23-22-19(25(20)2)15-6-10-17(27-3)11-7-15/h4-11H,12-13H2,1-3H3. The Morgan fingerprint density at radius 2 is 1.82 bits per heavy atom. The number of carbonyl (C=O) groups is 1. The zero-order valence-electron chi connectivity index (χ0n) is 15.9. The summed E-state index contributed by atoms with van der Waals surface area (Å²) in [5, 5.41) is 9.85. The van der Waals surface area contributed by atoms with Crippen LogP contribution < -0.4 is 4.74 Å². The van der Waals surface area contributed by atoms with Crippen LogP contribution in [0, 0.1) is 0 Å². The van der Waals surface area contributed by atoms with Crippen molar-refractivity contribution < 1.29 is 9.53 Å². The summed E-state index contributed by atoms with van der Waals surface area (Å²) >= 11 is 7.27. The molecule has 28 heavy (non-hydrogen) atoms. The fourth-order valence-corrected chi connectivity index (χ4v) is 3.60. The molecule has 0 aliphatic carbocycles. The molecule has 0 atom stereocenters. The van der Waals surface area contributed by atoms with Gasteiger partial charge in [0.1, 0.15) is 5.75 Å². The van der Waals surface area contributed by atoms with E-state index in [0.717, 1.165) is 22.7 Å². The summed E-state index contributed by atoms with van der Waals surface area (Å²) in [6, 6.07) is 15.1. The first-order valence-corrected chi connectivity index (χ1v) is 9.99. The van der Waals surface area contributed by atoms with Crippen LogP contribution in [0.1, 0.15) is 5.56 Å². The fourth-order valence-electron chi connectivity index (χ4n) is 2.62. The van der Waals surface area contributed by atoms with Gasteiger partial charge in [-0.3, -0.25) is 4.79 Å². The number of hydrogen-bond donors (Lipinski definition) is 0. The van der Waals surface area contributed by atoms with Crippen molar-refractivity contribution in [1.82, 2.24) is 19.7 Å². The molecule has 3 aromatic rings. The lowest BCUT2D eigenvalue weighted by Crippen LogP contribution is -2.27. The average molecular weight is 417 g/mol. The van der Waals surface area contributed by atoms with E-state index >= 15 is 0 Å². The van der Waals surface area contributed by atoms with Gasteiger partial charge in [-0.15, -0.1) is 10.2 Å². The third kappa shape index (κ3) is 4.85. The fraction of sp³-hybridized carbons (Fsp3) is 0.250. The minimum atomic E-state index is 0.0222. The van der Waals surface area contributed by atoms with Crippen molar-refractivity contribution in [2.24, 2.45) is 7.05 Å². The van der Waals surface area contributed by atoms with Gasteiger partial charge in [-0.2, -0.15) is 0 Å². The van der Waals surface area contributed by atoms with Crippen LogP contribution in [0.25, 0.3) is 11.4 Å². The van der Waals surface area contributed by atoms with E-state index in [4.69, 9.17) is 16.3 Å². The topological polar surface area (TPSA) is 60.3 Å². The number of nitrogens with zero attached hydrogens (tertiary/aromatic N) is 4. The van der Waals surface area contributed by atoms with E-state index in [2.05, 4.69) is 10.2 Å². The highest BCUT2D eigenvalue weighted by molar-refractivity contribution is 7.99. The summed E-state index contributed by atoms with van der Waals surface area (Å²) in [5.41, 5.74) is 1.97. The van der Waals surface area contributed by atoms with Crippen molar-refractivity contribution >= 4 is 29.3 Å². The van der Waals surface area contributed by atoms with E-state index in [-0.39, 0.29) is 5.91 Å². The molecule has 0 unspecified atom stereocenters. The first kappa shape index (κ1) is 20.2. The first-order chi connectivity index (χ1) is 13.5. The van der Waals surface area contributed by atoms with Gasteiger partial charge in [0.25, 0.3) is 0 Å². The molecule has 0 aliphatic heterocycles. The number of hydrogen-bond acceptors (Lipinski definition) is 5. The molecule has 0 N–H and O–H groups in total. The van der Waals surface area contributed by atoms with Crippen molar-refractivity contribution in [3.05, 3.63) is 59.1 Å². The highest BCUT2D eigenvalue weighted by Crippen LogP contribution is 2.24. The Kier molecular flexibility index (Phi) is 6.59. The molecule has 0 saturated heterocycles. The van der Waals surface area contributed by atoms with Gasteiger partial charge >= 0.3 is 0 Å². The molecule has 8 heteroatoms. The molecule has 146 valence electrons. The molecule has 2 aromatic carbocycles. The summed E-state index contributed by atoms with van der Waals surface area (Å²) in [5.74, 6) is 1.84. The monoisotopic (exact) mass is 416 g/mol. The van der Waals surface area contributed by atoms with Crippen LogP contribution in [0.4, 0.5) is 0 Å². The molecule has 0 radical (unpaired) electrons. The van der Waals surface area contributed by atoms with E-state index in [1.807, 2.05) is 60.1 Å². The van der Waals surface area contributed by atoms with Crippen molar-refractivity contribution in [3.8, 4) is 17.1 Å². The second kappa shape index (κ2) is 9.12. The molecule has 0 bridgehead atoms.